The fourth-order valence-electron chi connectivity index (χ4n) is 1.60. The number of aromatic nitrogens is 1. The largest absolute Gasteiger partial charge is 0.493 e. The summed E-state index contributed by atoms with van der Waals surface area (Å²) in [6.07, 6.45) is 1.69. The maximum Gasteiger partial charge on any atom is 0.224 e. The summed E-state index contributed by atoms with van der Waals surface area (Å²) in [4.78, 5) is 0. The zero-order valence-corrected chi connectivity index (χ0v) is 12.8. The van der Waals surface area contributed by atoms with Gasteiger partial charge in [0.25, 0.3) is 0 Å². The summed E-state index contributed by atoms with van der Waals surface area (Å²) in [5.74, 6) is 0.0672. The van der Waals surface area contributed by atoms with Crippen molar-refractivity contribution in [2.24, 2.45) is 5.10 Å². The van der Waals surface area contributed by atoms with E-state index in [1.165, 1.54) is 21.6 Å². The molecule has 5 heteroatoms. The van der Waals surface area contributed by atoms with Gasteiger partial charge in [-0.05, 0) is 28.8 Å². The van der Waals surface area contributed by atoms with Crippen LogP contribution in [0.3, 0.4) is 0 Å². The number of hydrogen-bond acceptors (Lipinski definition) is 4. The Labute approximate surface area is 121 Å². The number of aromatic hydroxyl groups is 1. The normalized spacial score (nSPS) is 12.2. The minimum absolute atomic E-state index is 0.0672. The first kappa shape index (κ1) is 14.0. The third-order valence-electron chi connectivity index (χ3n) is 2.75. The monoisotopic (exact) mass is 292 g/mol. The predicted molar refractivity (Wildman–Crippen MR) is 82.9 cm³/mol. The van der Waals surface area contributed by atoms with E-state index in [0.717, 1.165) is 5.56 Å². The van der Waals surface area contributed by atoms with E-state index in [0.29, 0.717) is 3.95 Å². The maximum absolute atomic E-state index is 9.55. The summed E-state index contributed by atoms with van der Waals surface area (Å²) in [6, 6.07) is 8.20. The van der Waals surface area contributed by atoms with Gasteiger partial charge in [0, 0.05) is 0 Å². The Balaban J connectivity index is 2.23. The van der Waals surface area contributed by atoms with Crippen molar-refractivity contribution in [3.8, 4) is 5.88 Å². The van der Waals surface area contributed by atoms with Gasteiger partial charge in [-0.2, -0.15) is 9.78 Å². The molecule has 0 fully saturated rings. The Morgan fingerprint density at radius 2 is 1.89 bits per heavy atom. The predicted octanol–water partition coefficient (Wildman–Crippen LogP) is 4.16. The SMILES string of the molecule is CC(C)(C)c1ccc(/C=N/n2c(O)csc2=S)cc1. The highest BCUT2D eigenvalue weighted by Crippen LogP contribution is 2.22. The molecule has 1 heterocycles. The Morgan fingerprint density at radius 3 is 2.37 bits per heavy atom. The second-order valence-electron chi connectivity index (χ2n) is 5.29. The molecular formula is C14H16N2OS2. The summed E-state index contributed by atoms with van der Waals surface area (Å²) >= 11 is 6.35. The Kier molecular flexibility index (Phi) is 3.87. The molecule has 0 radical (unpaired) electrons. The van der Waals surface area contributed by atoms with E-state index in [2.05, 4.69) is 38.0 Å². The van der Waals surface area contributed by atoms with E-state index >= 15 is 0 Å². The van der Waals surface area contributed by atoms with Gasteiger partial charge < -0.3 is 5.11 Å². The van der Waals surface area contributed by atoms with Gasteiger partial charge in [0.15, 0.2) is 3.95 Å². The van der Waals surface area contributed by atoms with Crippen molar-refractivity contribution in [1.82, 2.24) is 4.68 Å². The van der Waals surface area contributed by atoms with Crippen LogP contribution in [0.15, 0.2) is 34.7 Å². The molecule has 0 aliphatic rings. The summed E-state index contributed by atoms with van der Waals surface area (Å²) in [5, 5.41) is 15.3. The van der Waals surface area contributed by atoms with Crippen molar-refractivity contribution in [1.29, 1.82) is 0 Å². The van der Waals surface area contributed by atoms with Gasteiger partial charge in [-0.1, -0.05) is 45.0 Å². The first-order chi connectivity index (χ1) is 8.88. The highest BCUT2D eigenvalue weighted by atomic mass is 32.1. The number of benzene rings is 1. The molecule has 3 nitrogen and oxygen atoms in total. The minimum Gasteiger partial charge on any atom is -0.493 e. The van der Waals surface area contributed by atoms with Gasteiger partial charge in [-0.25, -0.2) is 0 Å². The lowest BCUT2D eigenvalue weighted by molar-refractivity contribution is 0.429. The van der Waals surface area contributed by atoms with Gasteiger partial charge in [0.1, 0.15) is 0 Å². The minimum atomic E-state index is 0.0672. The van der Waals surface area contributed by atoms with E-state index < -0.39 is 0 Å². The molecule has 0 spiro atoms. The molecule has 1 N–H and O–H groups in total. The van der Waals surface area contributed by atoms with Crippen LogP contribution >= 0.6 is 23.6 Å². The van der Waals surface area contributed by atoms with Gasteiger partial charge in [-0.3, -0.25) is 0 Å². The van der Waals surface area contributed by atoms with Crippen molar-refractivity contribution < 1.29 is 5.11 Å². The molecule has 2 aromatic rings. The number of nitrogens with zero attached hydrogens (tertiary/aromatic N) is 2. The average molecular weight is 292 g/mol. The third kappa shape index (κ3) is 3.30. The number of thiazole rings is 1. The molecule has 1 aromatic carbocycles. The molecular weight excluding hydrogens is 276 g/mol. The Hall–Kier alpha value is -1.46. The van der Waals surface area contributed by atoms with E-state index in [4.69, 9.17) is 12.2 Å². The van der Waals surface area contributed by atoms with Crippen molar-refractivity contribution in [3.63, 3.8) is 0 Å². The standard InChI is InChI=1S/C14H16N2OS2/c1-14(2,3)11-6-4-10(5-7-11)8-15-16-12(17)9-19-13(16)18/h4-9,17H,1-3H3/b15-8+. The van der Waals surface area contributed by atoms with Crippen LogP contribution in [-0.2, 0) is 5.41 Å². The zero-order valence-electron chi connectivity index (χ0n) is 11.1. The van der Waals surface area contributed by atoms with Crippen molar-refractivity contribution in [3.05, 3.63) is 44.7 Å². The fourth-order valence-corrected chi connectivity index (χ4v) is 2.43. The zero-order chi connectivity index (χ0) is 14.0. The molecule has 0 aliphatic carbocycles. The Bertz CT molecular complexity index is 645. The van der Waals surface area contributed by atoms with Crippen LogP contribution in [-0.4, -0.2) is 16.0 Å². The van der Waals surface area contributed by atoms with Crippen molar-refractivity contribution in [2.45, 2.75) is 26.2 Å². The van der Waals surface area contributed by atoms with E-state index in [1.54, 1.807) is 11.6 Å². The Morgan fingerprint density at radius 1 is 1.26 bits per heavy atom. The first-order valence-electron chi connectivity index (χ1n) is 5.92. The molecule has 19 heavy (non-hydrogen) atoms. The summed E-state index contributed by atoms with van der Waals surface area (Å²) in [6.45, 7) is 6.54. The van der Waals surface area contributed by atoms with Crippen LogP contribution in [0.25, 0.3) is 0 Å². The highest BCUT2D eigenvalue weighted by molar-refractivity contribution is 7.73. The van der Waals surface area contributed by atoms with Crippen LogP contribution in [0.4, 0.5) is 0 Å². The molecule has 0 saturated carbocycles. The highest BCUT2D eigenvalue weighted by Gasteiger charge is 2.12. The second kappa shape index (κ2) is 5.27. The molecule has 100 valence electrons. The molecule has 1 aromatic heterocycles. The molecule has 0 atom stereocenters. The lowest BCUT2D eigenvalue weighted by atomic mass is 9.87. The molecule has 0 unspecified atom stereocenters. The van der Waals surface area contributed by atoms with Crippen LogP contribution < -0.4 is 0 Å². The average Bonchev–Trinajstić information content (AvgIpc) is 2.66. The topological polar surface area (TPSA) is 37.5 Å². The molecule has 0 bridgehead atoms. The van der Waals surface area contributed by atoms with E-state index in [9.17, 15) is 5.11 Å². The maximum atomic E-state index is 9.55. The van der Waals surface area contributed by atoms with Crippen molar-refractivity contribution >= 4 is 29.8 Å². The van der Waals surface area contributed by atoms with Crippen LogP contribution in [0.1, 0.15) is 31.9 Å². The van der Waals surface area contributed by atoms with Crippen LogP contribution in [0, 0.1) is 3.95 Å². The fraction of sp³-hybridized carbons (Fsp3) is 0.286. The molecule has 0 aliphatic heterocycles. The third-order valence-corrected chi connectivity index (χ3v) is 3.92. The van der Waals surface area contributed by atoms with E-state index in [1.807, 2.05) is 12.1 Å². The molecule has 0 saturated heterocycles. The lowest BCUT2D eigenvalue weighted by Gasteiger charge is -2.18. The quantitative estimate of drug-likeness (QED) is 0.666. The molecule has 0 amide bonds. The van der Waals surface area contributed by atoms with Gasteiger partial charge in [-0.15, -0.1) is 11.3 Å². The van der Waals surface area contributed by atoms with Gasteiger partial charge in [0.05, 0.1) is 11.6 Å². The van der Waals surface area contributed by atoms with Gasteiger partial charge in [0.2, 0.25) is 5.88 Å². The summed E-state index contributed by atoms with van der Waals surface area (Å²) < 4.78 is 1.87. The molecule has 2 rings (SSSR count). The van der Waals surface area contributed by atoms with Crippen LogP contribution in [0.2, 0.25) is 0 Å². The van der Waals surface area contributed by atoms with Gasteiger partial charge >= 0.3 is 0 Å². The van der Waals surface area contributed by atoms with Crippen LogP contribution in [0.5, 0.6) is 5.88 Å². The van der Waals surface area contributed by atoms with Crippen molar-refractivity contribution in [2.75, 3.05) is 0 Å². The smallest absolute Gasteiger partial charge is 0.224 e. The number of rotatable bonds is 2. The summed E-state index contributed by atoms with van der Waals surface area (Å²) in [7, 11) is 0. The summed E-state index contributed by atoms with van der Waals surface area (Å²) in [5.41, 5.74) is 2.39. The second-order valence-corrected chi connectivity index (χ2v) is 6.79. The number of hydrogen-bond donors (Lipinski definition) is 1. The van der Waals surface area contributed by atoms with E-state index in [-0.39, 0.29) is 11.3 Å². The lowest BCUT2D eigenvalue weighted by Crippen LogP contribution is -2.10. The first-order valence-corrected chi connectivity index (χ1v) is 7.21.